The van der Waals surface area contributed by atoms with Crippen molar-refractivity contribution in [2.45, 2.75) is 13.8 Å². The highest BCUT2D eigenvalue weighted by atomic mass is 35.5. The number of aryl methyl sites for hydroxylation is 2. The smallest absolute Gasteiger partial charge is 0.276 e. The van der Waals surface area contributed by atoms with Crippen LogP contribution in [0, 0.1) is 13.8 Å². The molecule has 6 nitrogen and oxygen atoms in total. The van der Waals surface area contributed by atoms with Crippen LogP contribution in [-0.2, 0) is 9.59 Å². The quantitative estimate of drug-likeness (QED) is 0.588. The number of hydrogen-bond donors (Lipinski definition) is 2. The number of amides is 2. The van der Waals surface area contributed by atoms with E-state index in [1.54, 1.807) is 24.3 Å². The number of ether oxygens (including phenoxy) is 2. The monoisotopic (exact) mass is 388 g/mol. The Morgan fingerprint density at radius 1 is 1.07 bits per heavy atom. The Hall–Kier alpha value is -2.99. The van der Waals surface area contributed by atoms with Gasteiger partial charge in [-0.25, -0.2) is 0 Å². The van der Waals surface area contributed by atoms with E-state index in [1.807, 2.05) is 32.0 Å². The number of benzene rings is 2. The van der Waals surface area contributed by atoms with E-state index in [-0.39, 0.29) is 6.61 Å². The normalized spacial score (nSPS) is 10.5. The van der Waals surface area contributed by atoms with Gasteiger partial charge in [0.15, 0.2) is 6.61 Å². The fourth-order valence-electron chi connectivity index (χ4n) is 2.22. The van der Waals surface area contributed by atoms with Crippen LogP contribution in [0.2, 0.25) is 5.02 Å². The number of carbonyl (C=O) groups excluding carboxylic acids is 2. The minimum absolute atomic E-state index is 0.212. The molecule has 0 atom stereocenters. The van der Waals surface area contributed by atoms with Gasteiger partial charge in [0, 0.05) is 16.7 Å². The molecular formula is C20H21ClN2O4. The second-order valence-corrected chi connectivity index (χ2v) is 6.25. The molecule has 2 amide bonds. The highest BCUT2D eigenvalue weighted by Crippen LogP contribution is 2.23. The van der Waals surface area contributed by atoms with E-state index < -0.39 is 11.8 Å². The molecule has 0 radical (unpaired) electrons. The molecule has 7 heteroatoms. The van der Waals surface area contributed by atoms with E-state index in [0.717, 1.165) is 11.1 Å². The van der Waals surface area contributed by atoms with Crippen LogP contribution in [0.5, 0.6) is 11.5 Å². The topological polar surface area (TPSA) is 76.7 Å². The second kappa shape index (κ2) is 9.64. The number of hydrazine groups is 1. The van der Waals surface area contributed by atoms with Crippen molar-refractivity contribution < 1.29 is 19.1 Å². The number of carbonyl (C=O) groups is 2. The van der Waals surface area contributed by atoms with Gasteiger partial charge < -0.3 is 9.47 Å². The third-order valence-electron chi connectivity index (χ3n) is 3.63. The Bertz CT molecular complexity index is 865. The van der Waals surface area contributed by atoms with E-state index in [9.17, 15) is 9.59 Å². The molecule has 0 bridgehead atoms. The predicted molar refractivity (Wildman–Crippen MR) is 105 cm³/mol. The first-order valence-corrected chi connectivity index (χ1v) is 8.57. The zero-order valence-corrected chi connectivity index (χ0v) is 16.1. The van der Waals surface area contributed by atoms with E-state index >= 15 is 0 Å². The van der Waals surface area contributed by atoms with Crippen LogP contribution in [0.1, 0.15) is 16.7 Å². The maximum Gasteiger partial charge on any atom is 0.276 e. The maximum absolute atomic E-state index is 11.9. The summed E-state index contributed by atoms with van der Waals surface area (Å²) in [5, 5.41) is 0.521. The summed E-state index contributed by atoms with van der Waals surface area (Å²) in [4.78, 5) is 23.7. The van der Waals surface area contributed by atoms with Gasteiger partial charge >= 0.3 is 0 Å². The Labute approximate surface area is 163 Å². The predicted octanol–water partition coefficient (Wildman–Crippen LogP) is 3.21. The van der Waals surface area contributed by atoms with Crippen molar-refractivity contribution in [2.75, 3.05) is 13.7 Å². The zero-order chi connectivity index (χ0) is 19.8. The molecule has 0 spiro atoms. The third kappa shape index (κ3) is 6.34. The summed E-state index contributed by atoms with van der Waals surface area (Å²) >= 11 is 5.94. The highest BCUT2D eigenvalue weighted by molar-refractivity contribution is 6.30. The lowest BCUT2D eigenvalue weighted by Crippen LogP contribution is -2.43. The Kier molecular flexibility index (Phi) is 7.25. The molecule has 2 aromatic rings. The summed E-state index contributed by atoms with van der Waals surface area (Å²) in [6.07, 6.45) is 2.80. The van der Waals surface area contributed by atoms with E-state index in [2.05, 4.69) is 10.9 Å². The van der Waals surface area contributed by atoms with Crippen LogP contribution >= 0.6 is 11.6 Å². The average Bonchev–Trinajstić information content (AvgIpc) is 2.65. The van der Waals surface area contributed by atoms with Crippen LogP contribution in [0.3, 0.4) is 0 Å². The number of hydrogen-bond acceptors (Lipinski definition) is 4. The van der Waals surface area contributed by atoms with Crippen molar-refractivity contribution >= 4 is 29.5 Å². The van der Waals surface area contributed by atoms with Crippen LogP contribution < -0.4 is 20.3 Å². The lowest BCUT2D eigenvalue weighted by Gasteiger charge is -2.10. The first kappa shape index (κ1) is 20.3. The number of methoxy groups -OCH3 is 1. The van der Waals surface area contributed by atoms with Crippen molar-refractivity contribution in [1.29, 1.82) is 0 Å². The minimum Gasteiger partial charge on any atom is -0.496 e. The molecule has 0 saturated carbocycles. The SMILES string of the molecule is COc1ccc(Cl)cc1/C=C/C(=O)NNC(=O)COc1cc(C)ccc1C. The lowest BCUT2D eigenvalue weighted by molar-refractivity contribution is -0.128. The van der Waals surface area contributed by atoms with Crippen molar-refractivity contribution in [3.05, 3.63) is 64.2 Å². The first-order chi connectivity index (χ1) is 12.9. The van der Waals surface area contributed by atoms with Gasteiger partial charge in [-0.15, -0.1) is 0 Å². The molecule has 0 unspecified atom stereocenters. The number of rotatable bonds is 6. The van der Waals surface area contributed by atoms with Crippen LogP contribution in [0.25, 0.3) is 6.08 Å². The molecule has 0 fully saturated rings. The maximum atomic E-state index is 11.9. The van der Waals surface area contributed by atoms with Gasteiger partial charge in [-0.05, 0) is 55.3 Å². The summed E-state index contributed by atoms with van der Waals surface area (Å²) in [6, 6.07) is 10.8. The number of nitrogens with one attached hydrogen (secondary N) is 2. The summed E-state index contributed by atoms with van der Waals surface area (Å²) in [5.41, 5.74) is 7.18. The van der Waals surface area contributed by atoms with Crippen molar-refractivity contribution in [2.24, 2.45) is 0 Å². The zero-order valence-electron chi connectivity index (χ0n) is 15.3. The molecule has 0 aliphatic heterocycles. The third-order valence-corrected chi connectivity index (χ3v) is 3.87. The molecule has 0 aliphatic carbocycles. The molecule has 2 N–H and O–H groups in total. The second-order valence-electron chi connectivity index (χ2n) is 5.81. The fraction of sp³-hybridized carbons (Fsp3) is 0.200. The van der Waals surface area contributed by atoms with Gasteiger partial charge in [-0.2, -0.15) is 0 Å². The Balaban J connectivity index is 1.83. The summed E-state index contributed by atoms with van der Waals surface area (Å²) < 4.78 is 10.7. The minimum atomic E-state index is -0.503. The summed E-state index contributed by atoms with van der Waals surface area (Å²) in [7, 11) is 1.52. The molecule has 0 saturated heterocycles. The molecular weight excluding hydrogens is 368 g/mol. The van der Waals surface area contributed by atoms with Gasteiger partial charge in [-0.3, -0.25) is 20.4 Å². The number of halogens is 1. The van der Waals surface area contributed by atoms with Gasteiger partial charge in [0.2, 0.25) is 0 Å². The Morgan fingerprint density at radius 2 is 1.85 bits per heavy atom. The van der Waals surface area contributed by atoms with Gasteiger partial charge in [-0.1, -0.05) is 23.7 Å². The average molecular weight is 389 g/mol. The van der Waals surface area contributed by atoms with E-state index in [0.29, 0.717) is 22.1 Å². The van der Waals surface area contributed by atoms with Crippen LogP contribution in [-0.4, -0.2) is 25.5 Å². The molecule has 0 heterocycles. The lowest BCUT2D eigenvalue weighted by atomic mass is 10.1. The highest BCUT2D eigenvalue weighted by Gasteiger charge is 2.06. The van der Waals surface area contributed by atoms with Gasteiger partial charge in [0.05, 0.1) is 7.11 Å². The van der Waals surface area contributed by atoms with Crippen LogP contribution in [0.15, 0.2) is 42.5 Å². The molecule has 142 valence electrons. The molecule has 2 rings (SSSR count). The largest absolute Gasteiger partial charge is 0.496 e. The fourth-order valence-corrected chi connectivity index (χ4v) is 2.40. The summed E-state index contributed by atoms with van der Waals surface area (Å²) in [6.45, 7) is 3.62. The van der Waals surface area contributed by atoms with Crippen molar-refractivity contribution in [3.63, 3.8) is 0 Å². The molecule has 0 aliphatic rings. The summed E-state index contributed by atoms with van der Waals surface area (Å²) in [5.74, 6) is 0.231. The molecule has 0 aromatic heterocycles. The van der Waals surface area contributed by atoms with Crippen molar-refractivity contribution in [1.82, 2.24) is 10.9 Å². The van der Waals surface area contributed by atoms with E-state index in [1.165, 1.54) is 13.2 Å². The standard InChI is InChI=1S/C20H21ClN2O4/c1-13-4-5-14(2)18(10-13)27-12-20(25)23-22-19(24)9-6-15-11-16(21)7-8-17(15)26-3/h4-11H,12H2,1-3H3,(H,22,24)(H,23,25)/b9-6+. The van der Waals surface area contributed by atoms with Gasteiger partial charge in [0.1, 0.15) is 11.5 Å². The van der Waals surface area contributed by atoms with Crippen LogP contribution in [0.4, 0.5) is 0 Å². The van der Waals surface area contributed by atoms with E-state index in [4.69, 9.17) is 21.1 Å². The van der Waals surface area contributed by atoms with Gasteiger partial charge in [0.25, 0.3) is 11.8 Å². The molecule has 2 aromatic carbocycles. The first-order valence-electron chi connectivity index (χ1n) is 8.19. The Morgan fingerprint density at radius 3 is 2.59 bits per heavy atom. The van der Waals surface area contributed by atoms with Crippen molar-refractivity contribution in [3.8, 4) is 11.5 Å². The molecule has 27 heavy (non-hydrogen) atoms.